The molecule has 2 atom stereocenters. The standard InChI is InChI=1S/C17H28N2O5/c1-11(2)13(9-15(21)24-10-19(3,4)5)14(20)8-12-6-7-18-17(23)16(12)22/h11-13H,6-10H2,1-5H3/p+1. The first-order valence-electron chi connectivity index (χ1n) is 8.32. The van der Waals surface area contributed by atoms with Gasteiger partial charge in [-0.3, -0.25) is 23.7 Å². The van der Waals surface area contributed by atoms with Crippen molar-refractivity contribution in [3.05, 3.63) is 0 Å². The number of rotatable bonds is 8. The normalized spacial score (nSPS) is 19.8. The zero-order valence-electron chi connectivity index (χ0n) is 15.3. The minimum absolute atomic E-state index is 0.00358. The fraction of sp³-hybridized carbons (Fsp3) is 0.765. The van der Waals surface area contributed by atoms with Crippen molar-refractivity contribution < 1.29 is 28.4 Å². The zero-order chi connectivity index (χ0) is 18.5. The van der Waals surface area contributed by atoms with Crippen LogP contribution in [-0.4, -0.2) is 62.3 Å². The Bertz CT molecular complexity index is 508. The lowest BCUT2D eigenvalue weighted by atomic mass is 9.81. The van der Waals surface area contributed by atoms with Crippen LogP contribution in [0.25, 0.3) is 0 Å². The van der Waals surface area contributed by atoms with Gasteiger partial charge in [-0.05, 0) is 12.3 Å². The van der Waals surface area contributed by atoms with E-state index in [-0.39, 0.29) is 31.3 Å². The molecule has 1 rings (SSSR count). The third kappa shape index (κ3) is 6.39. The lowest BCUT2D eigenvalue weighted by Crippen LogP contribution is -2.44. The van der Waals surface area contributed by atoms with E-state index >= 15 is 0 Å². The Hall–Kier alpha value is -1.76. The molecule has 1 aliphatic heterocycles. The lowest BCUT2D eigenvalue weighted by Gasteiger charge is -2.25. The predicted octanol–water partition coefficient (Wildman–Crippen LogP) is 0.520. The van der Waals surface area contributed by atoms with Crippen LogP contribution < -0.4 is 5.32 Å². The van der Waals surface area contributed by atoms with Gasteiger partial charge in [-0.15, -0.1) is 0 Å². The molecule has 136 valence electrons. The van der Waals surface area contributed by atoms with Gasteiger partial charge < -0.3 is 10.1 Å². The van der Waals surface area contributed by atoms with Gasteiger partial charge in [0.25, 0.3) is 5.91 Å². The number of carbonyl (C=O) groups excluding carboxylic acids is 4. The van der Waals surface area contributed by atoms with Crippen molar-refractivity contribution in [2.45, 2.75) is 33.1 Å². The van der Waals surface area contributed by atoms with Crippen LogP contribution in [0.4, 0.5) is 0 Å². The third-order valence-corrected chi connectivity index (χ3v) is 4.04. The van der Waals surface area contributed by atoms with E-state index < -0.39 is 29.5 Å². The second-order valence-electron chi connectivity index (χ2n) is 7.77. The van der Waals surface area contributed by atoms with Crippen molar-refractivity contribution in [3.63, 3.8) is 0 Å². The molecule has 1 aliphatic rings. The number of ketones is 2. The Labute approximate surface area is 143 Å². The van der Waals surface area contributed by atoms with Gasteiger partial charge in [0.1, 0.15) is 5.78 Å². The lowest BCUT2D eigenvalue weighted by molar-refractivity contribution is -0.888. The number of carbonyl (C=O) groups is 4. The maximum absolute atomic E-state index is 12.5. The van der Waals surface area contributed by atoms with E-state index in [2.05, 4.69) is 5.32 Å². The Morgan fingerprint density at radius 3 is 2.42 bits per heavy atom. The molecule has 0 aromatic rings. The fourth-order valence-electron chi connectivity index (χ4n) is 2.58. The number of ether oxygens (including phenoxy) is 1. The predicted molar refractivity (Wildman–Crippen MR) is 87.7 cm³/mol. The van der Waals surface area contributed by atoms with E-state index in [1.54, 1.807) is 0 Å². The molecule has 7 nitrogen and oxygen atoms in total. The molecule has 0 radical (unpaired) electrons. The Morgan fingerprint density at radius 1 is 1.25 bits per heavy atom. The molecule has 2 unspecified atom stereocenters. The Morgan fingerprint density at radius 2 is 1.88 bits per heavy atom. The summed E-state index contributed by atoms with van der Waals surface area (Å²) in [6.45, 7) is 4.37. The molecule has 0 aromatic carbocycles. The highest BCUT2D eigenvalue weighted by molar-refractivity contribution is 6.37. The highest BCUT2D eigenvalue weighted by atomic mass is 16.5. The van der Waals surface area contributed by atoms with Crippen LogP contribution in [-0.2, 0) is 23.9 Å². The fourth-order valence-corrected chi connectivity index (χ4v) is 2.58. The van der Waals surface area contributed by atoms with Gasteiger partial charge in [-0.1, -0.05) is 13.8 Å². The van der Waals surface area contributed by atoms with Crippen LogP contribution >= 0.6 is 0 Å². The maximum atomic E-state index is 12.5. The van der Waals surface area contributed by atoms with Gasteiger partial charge in [-0.2, -0.15) is 0 Å². The molecule has 7 heteroatoms. The number of Topliss-reactive ketones (excluding diaryl/α,β-unsaturated/α-hetero) is 2. The molecule has 1 saturated heterocycles. The number of hydrogen-bond donors (Lipinski definition) is 1. The van der Waals surface area contributed by atoms with E-state index in [4.69, 9.17) is 4.74 Å². The summed E-state index contributed by atoms with van der Waals surface area (Å²) in [7, 11) is 5.70. The number of esters is 1. The van der Waals surface area contributed by atoms with Crippen molar-refractivity contribution >= 4 is 23.4 Å². The van der Waals surface area contributed by atoms with Gasteiger partial charge in [-0.25, -0.2) is 0 Å². The maximum Gasteiger partial charge on any atom is 0.310 e. The van der Waals surface area contributed by atoms with Gasteiger partial charge >= 0.3 is 5.97 Å². The molecule has 1 amide bonds. The largest absolute Gasteiger partial charge is 0.415 e. The van der Waals surface area contributed by atoms with E-state index in [1.165, 1.54) is 0 Å². The zero-order valence-corrected chi connectivity index (χ0v) is 15.3. The van der Waals surface area contributed by atoms with Crippen molar-refractivity contribution in [2.75, 3.05) is 34.4 Å². The molecular weight excluding hydrogens is 312 g/mol. The number of quaternary nitrogens is 1. The Balaban J connectivity index is 2.63. The summed E-state index contributed by atoms with van der Waals surface area (Å²) in [6.07, 6.45) is 0.481. The highest BCUT2D eigenvalue weighted by Gasteiger charge is 2.34. The van der Waals surface area contributed by atoms with Crippen LogP contribution in [0, 0.1) is 17.8 Å². The molecule has 1 N–H and O–H groups in total. The average molecular weight is 341 g/mol. The van der Waals surface area contributed by atoms with Gasteiger partial charge in [0.2, 0.25) is 12.5 Å². The first kappa shape index (κ1) is 20.3. The number of nitrogens with one attached hydrogen (secondary N) is 1. The van der Waals surface area contributed by atoms with Crippen molar-refractivity contribution in [1.29, 1.82) is 0 Å². The summed E-state index contributed by atoms with van der Waals surface area (Å²) in [5.74, 6) is -2.84. The molecule has 1 heterocycles. The van der Waals surface area contributed by atoms with E-state index in [0.717, 1.165) is 0 Å². The minimum atomic E-state index is -0.623. The summed E-state index contributed by atoms with van der Waals surface area (Å²) in [6, 6.07) is 0. The van der Waals surface area contributed by atoms with Crippen molar-refractivity contribution in [1.82, 2.24) is 5.32 Å². The number of amides is 1. The topological polar surface area (TPSA) is 89.5 Å². The Kier molecular flexibility index (Phi) is 7.08. The van der Waals surface area contributed by atoms with Gasteiger partial charge in [0.15, 0.2) is 0 Å². The first-order valence-corrected chi connectivity index (χ1v) is 8.32. The molecule has 0 bridgehead atoms. The van der Waals surface area contributed by atoms with Crippen LogP contribution in [0.2, 0.25) is 0 Å². The molecular formula is C17H29N2O5+. The summed E-state index contributed by atoms with van der Waals surface area (Å²) in [5.41, 5.74) is 0. The SMILES string of the molecule is CC(C)C(CC(=O)OC[N+](C)(C)C)C(=O)CC1CCNC(=O)C1=O. The number of piperidine rings is 1. The molecule has 0 saturated carbocycles. The van der Waals surface area contributed by atoms with Gasteiger partial charge in [0.05, 0.1) is 27.6 Å². The smallest absolute Gasteiger partial charge is 0.310 e. The number of hydrogen-bond acceptors (Lipinski definition) is 5. The molecule has 24 heavy (non-hydrogen) atoms. The van der Waals surface area contributed by atoms with Gasteiger partial charge in [0, 0.05) is 24.8 Å². The minimum Gasteiger partial charge on any atom is -0.415 e. The van der Waals surface area contributed by atoms with Crippen LogP contribution in [0.1, 0.15) is 33.1 Å². The molecule has 0 spiro atoms. The second kappa shape index (κ2) is 8.37. The quantitative estimate of drug-likeness (QED) is 0.301. The van der Waals surface area contributed by atoms with Crippen molar-refractivity contribution in [3.8, 4) is 0 Å². The molecule has 0 aromatic heterocycles. The summed E-state index contributed by atoms with van der Waals surface area (Å²) in [4.78, 5) is 47.8. The van der Waals surface area contributed by atoms with E-state index in [0.29, 0.717) is 17.4 Å². The highest BCUT2D eigenvalue weighted by Crippen LogP contribution is 2.23. The molecule has 0 aliphatic carbocycles. The first-order chi connectivity index (χ1) is 11.0. The van der Waals surface area contributed by atoms with Crippen LogP contribution in [0.15, 0.2) is 0 Å². The second-order valence-corrected chi connectivity index (χ2v) is 7.77. The van der Waals surface area contributed by atoms with E-state index in [9.17, 15) is 19.2 Å². The number of nitrogens with zero attached hydrogens (tertiary/aromatic N) is 1. The molecule has 1 fully saturated rings. The van der Waals surface area contributed by atoms with Crippen LogP contribution in [0.5, 0.6) is 0 Å². The van der Waals surface area contributed by atoms with E-state index in [1.807, 2.05) is 35.0 Å². The summed E-state index contributed by atoms with van der Waals surface area (Å²) < 4.78 is 5.70. The van der Waals surface area contributed by atoms with Crippen LogP contribution in [0.3, 0.4) is 0 Å². The average Bonchev–Trinajstić information content (AvgIpc) is 2.46. The monoisotopic (exact) mass is 341 g/mol. The summed E-state index contributed by atoms with van der Waals surface area (Å²) >= 11 is 0. The summed E-state index contributed by atoms with van der Waals surface area (Å²) in [5, 5.41) is 2.47. The third-order valence-electron chi connectivity index (χ3n) is 4.04. The van der Waals surface area contributed by atoms with Crippen molar-refractivity contribution in [2.24, 2.45) is 17.8 Å².